The summed E-state index contributed by atoms with van der Waals surface area (Å²) in [5.74, 6) is 0.542. The summed E-state index contributed by atoms with van der Waals surface area (Å²) in [4.78, 5) is 11.5. The van der Waals surface area contributed by atoms with E-state index in [1.54, 1.807) is 0 Å². The average molecular weight is 269 g/mol. The predicted octanol–water partition coefficient (Wildman–Crippen LogP) is 3.38. The maximum atomic E-state index is 11.5. The minimum absolute atomic E-state index is 0.0810. The van der Waals surface area contributed by atoms with Gasteiger partial charge in [0.05, 0.1) is 13.0 Å². The van der Waals surface area contributed by atoms with E-state index in [1.165, 1.54) is 39.2 Å². The molecule has 1 saturated carbocycles. The van der Waals surface area contributed by atoms with Gasteiger partial charge < -0.3 is 10.1 Å². The number of methoxy groups -OCH3 is 1. The maximum absolute atomic E-state index is 11.5. The molecule has 2 atom stereocenters. The molecule has 112 valence electrons. The van der Waals surface area contributed by atoms with Crippen LogP contribution in [-0.4, -0.2) is 25.7 Å². The van der Waals surface area contributed by atoms with Gasteiger partial charge in [-0.05, 0) is 37.5 Å². The van der Waals surface area contributed by atoms with Crippen LogP contribution < -0.4 is 5.32 Å². The van der Waals surface area contributed by atoms with Gasteiger partial charge in [0.25, 0.3) is 0 Å². The number of nitrogens with one attached hydrogen (secondary N) is 1. The summed E-state index contributed by atoms with van der Waals surface area (Å²) in [5.41, 5.74) is 0.457. The van der Waals surface area contributed by atoms with Gasteiger partial charge in [0.15, 0.2) is 0 Å². The number of carbonyl (C=O) groups is 1. The second-order valence-corrected chi connectivity index (χ2v) is 6.79. The summed E-state index contributed by atoms with van der Waals surface area (Å²) >= 11 is 0. The second-order valence-electron chi connectivity index (χ2n) is 6.79. The quantitative estimate of drug-likeness (QED) is 0.720. The first-order chi connectivity index (χ1) is 8.90. The van der Waals surface area contributed by atoms with Gasteiger partial charge in [-0.3, -0.25) is 4.79 Å². The molecule has 1 fully saturated rings. The number of esters is 1. The Morgan fingerprint density at radius 1 is 1.21 bits per heavy atom. The monoisotopic (exact) mass is 269 g/mol. The summed E-state index contributed by atoms with van der Waals surface area (Å²) in [5, 5.41) is 3.58. The highest BCUT2D eigenvalue weighted by molar-refractivity contribution is 5.72. The standard InChI is InChI=1S/C16H31NO2/c1-12(2)10-16(8-6-7-9-16)11-17-14(4)13(3)15(18)19-5/h12-14,17H,6-11H2,1-5H3. The molecule has 0 aromatic rings. The molecule has 0 radical (unpaired) electrons. The third-order valence-corrected chi connectivity index (χ3v) is 4.63. The molecule has 0 aliphatic heterocycles. The first-order valence-corrected chi connectivity index (χ1v) is 7.71. The number of hydrogen-bond acceptors (Lipinski definition) is 3. The number of ether oxygens (including phenoxy) is 1. The van der Waals surface area contributed by atoms with E-state index in [2.05, 4.69) is 26.1 Å². The van der Waals surface area contributed by atoms with Crippen LogP contribution in [-0.2, 0) is 9.53 Å². The van der Waals surface area contributed by atoms with Crippen LogP contribution in [0.1, 0.15) is 59.8 Å². The van der Waals surface area contributed by atoms with E-state index in [-0.39, 0.29) is 17.9 Å². The van der Waals surface area contributed by atoms with Gasteiger partial charge >= 0.3 is 5.97 Å². The summed E-state index contributed by atoms with van der Waals surface area (Å²) < 4.78 is 4.82. The van der Waals surface area contributed by atoms with E-state index in [0.717, 1.165) is 12.5 Å². The minimum Gasteiger partial charge on any atom is -0.469 e. The smallest absolute Gasteiger partial charge is 0.309 e. The Bertz CT molecular complexity index is 282. The fourth-order valence-electron chi connectivity index (χ4n) is 3.39. The van der Waals surface area contributed by atoms with Crippen molar-refractivity contribution in [3.63, 3.8) is 0 Å². The van der Waals surface area contributed by atoms with Crippen molar-refractivity contribution < 1.29 is 9.53 Å². The molecule has 0 saturated heterocycles. The lowest BCUT2D eigenvalue weighted by atomic mass is 9.78. The lowest BCUT2D eigenvalue weighted by Gasteiger charge is -2.33. The normalized spacial score (nSPS) is 21.4. The van der Waals surface area contributed by atoms with Gasteiger partial charge in [-0.25, -0.2) is 0 Å². The first kappa shape index (κ1) is 16.5. The number of carbonyl (C=O) groups excluding carboxylic acids is 1. The molecule has 0 spiro atoms. The van der Waals surface area contributed by atoms with Gasteiger partial charge in [0.1, 0.15) is 0 Å². The molecule has 3 heteroatoms. The number of hydrogen-bond donors (Lipinski definition) is 1. The van der Waals surface area contributed by atoms with Crippen LogP contribution >= 0.6 is 0 Å². The van der Waals surface area contributed by atoms with Gasteiger partial charge in [-0.2, -0.15) is 0 Å². The Morgan fingerprint density at radius 3 is 2.26 bits per heavy atom. The van der Waals surface area contributed by atoms with Gasteiger partial charge in [-0.15, -0.1) is 0 Å². The first-order valence-electron chi connectivity index (χ1n) is 7.71. The van der Waals surface area contributed by atoms with Crippen LogP contribution in [0.5, 0.6) is 0 Å². The van der Waals surface area contributed by atoms with Gasteiger partial charge in [-0.1, -0.05) is 33.6 Å². The summed E-state index contributed by atoms with van der Waals surface area (Å²) in [6.45, 7) is 9.67. The van der Waals surface area contributed by atoms with Crippen LogP contribution in [0.2, 0.25) is 0 Å². The zero-order valence-corrected chi connectivity index (χ0v) is 13.3. The third kappa shape index (κ3) is 4.79. The van der Waals surface area contributed by atoms with Crippen molar-refractivity contribution in [2.45, 2.75) is 65.8 Å². The lowest BCUT2D eigenvalue weighted by molar-refractivity contribution is -0.145. The molecule has 1 N–H and O–H groups in total. The summed E-state index contributed by atoms with van der Waals surface area (Å²) in [7, 11) is 1.46. The van der Waals surface area contributed by atoms with Gasteiger partial charge in [0, 0.05) is 12.6 Å². The fourth-order valence-corrected chi connectivity index (χ4v) is 3.39. The maximum Gasteiger partial charge on any atom is 0.309 e. The van der Waals surface area contributed by atoms with Crippen molar-refractivity contribution >= 4 is 5.97 Å². The molecule has 2 unspecified atom stereocenters. The molecule has 3 nitrogen and oxygen atoms in total. The highest BCUT2D eigenvalue weighted by atomic mass is 16.5. The Kier molecular flexibility index (Phi) is 6.31. The van der Waals surface area contributed by atoms with E-state index >= 15 is 0 Å². The lowest BCUT2D eigenvalue weighted by Crippen LogP contribution is -2.43. The highest BCUT2D eigenvalue weighted by Gasteiger charge is 2.35. The number of rotatable bonds is 7. The van der Waals surface area contributed by atoms with Crippen LogP contribution in [0.4, 0.5) is 0 Å². The molecular weight excluding hydrogens is 238 g/mol. The van der Waals surface area contributed by atoms with E-state index in [0.29, 0.717) is 5.41 Å². The molecule has 19 heavy (non-hydrogen) atoms. The Labute approximate surface area is 118 Å². The third-order valence-electron chi connectivity index (χ3n) is 4.63. The minimum atomic E-state index is -0.121. The van der Waals surface area contributed by atoms with E-state index in [1.807, 2.05) is 6.92 Å². The molecule has 0 bridgehead atoms. The van der Waals surface area contributed by atoms with Crippen LogP contribution in [0.25, 0.3) is 0 Å². The Balaban J connectivity index is 2.50. The largest absolute Gasteiger partial charge is 0.469 e. The van der Waals surface area contributed by atoms with Crippen molar-refractivity contribution in [2.75, 3.05) is 13.7 Å². The van der Waals surface area contributed by atoms with Crippen molar-refractivity contribution in [2.24, 2.45) is 17.3 Å². The van der Waals surface area contributed by atoms with Crippen LogP contribution in [0.3, 0.4) is 0 Å². The second kappa shape index (κ2) is 7.28. The molecular formula is C16H31NO2. The van der Waals surface area contributed by atoms with Crippen molar-refractivity contribution in [3.05, 3.63) is 0 Å². The molecule has 0 heterocycles. The molecule has 0 aromatic carbocycles. The zero-order chi connectivity index (χ0) is 14.5. The van der Waals surface area contributed by atoms with Crippen molar-refractivity contribution in [3.8, 4) is 0 Å². The SMILES string of the molecule is COC(=O)C(C)C(C)NCC1(CC(C)C)CCCC1. The Hall–Kier alpha value is -0.570. The molecule has 1 aliphatic carbocycles. The van der Waals surface area contributed by atoms with E-state index in [9.17, 15) is 4.79 Å². The Morgan fingerprint density at radius 2 is 1.79 bits per heavy atom. The topological polar surface area (TPSA) is 38.3 Å². The summed E-state index contributed by atoms with van der Waals surface area (Å²) in [6.07, 6.45) is 6.67. The average Bonchev–Trinajstić information content (AvgIpc) is 2.82. The molecule has 0 amide bonds. The summed E-state index contributed by atoms with van der Waals surface area (Å²) in [6, 6.07) is 0.178. The molecule has 1 aliphatic rings. The van der Waals surface area contributed by atoms with Crippen LogP contribution in [0, 0.1) is 17.3 Å². The molecule has 0 aromatic heterocycles. The highest BCUT2D eigenvalue weighted by Crippen LogP contribution is 2.42. The van der Waals surface area contributed by atoms with E-state index in [4.69, 9.17) is 4.74 Å². The fraction of sp³-hybridized carbons (Fsp3) is 0.938. The van der Waals surface area contributed by atoms with Crippen molar-refractivity contribution in [1.29, 1.82) is 0 Å². The van der Waals surface area contributed by atoms with Crippen LogP contribution in [0.15, 0.2) is 0 Å². The molecule has 1 rings (SSSR count). The predicted molar refractivity (Wildman–Crippen MR) is 79.0 cm³/mol. The van der Waals surface area contributed by atoms with E-state index < -0.39 is 0 Å². The van der Waals surface area contributed by atoms with Gasteiger partial charge in [0.2, 0.25) is 0 Å². The van der Waals surface area contributed by atoms with Crippen molar-refractivity contribution in [1.82, 2.24) is 5.32 Å². The zero-order valence-electron chi connectivity index (χ0n) is 13.3.